The van der Waals surface area contributed by atoms with Gasteiger partial charge in [0, 0.05) is 18.0 Å². The topological polar surface area (TPSA) is 43.1 Å². The molecule has 0 aromatic heterocycles. The molecule has 1 rings (SSSR count). The number of ketones is 1. The summed E-state index contributed by atoms with van der Waals surface area (Å²) in [6, 6.07) is 4.25. The van der Waals surface area contributed by atoms with Gasteiger partial charge in [-0.25, -0.2) is 4.39 Å². The SMILES string of the molecule is CCCC(N)CC(=O)c1cc(C)cc(F)c1. The first-order valence-electron chi connectivity index (χ1n) is 5.59. The van der Waals surface area contributed by atoms with Crippen LogP contribution in [-0.2, 0) is 0 Å². The van der Waals surface area contributed by atoms with Gasteiger partial charge in [0.1, 0.15) is 5.82 Å². The van der Waals surface area contributed by atoms with E-state index < -0.39 is 0 Å². The molecule has 0 saturated carbocycles. The molecule has 0 aliphatic rings. The number of carbonyl (C=O) groups is 1. The Morgan fingerprint density at radius 1 is 1.44 bits per heavy atom. The molecule has 0 aliphatic carbocycles. The number of hydrogen-bond donors (Lipinski definition) is 1. The molecule has 3 heteroatoms. The summed E-state index contributed by atoms with van der Waals surface area (Å²) < 4.78 is 13.1. The molecule has 1 unspecified atom stereocenters. The zero-order valence-corrected chi connectivity index (χ0v) is 9.79. The third-order valence-electron chi connectivity index (χ3n) is 2.47. The molecular weight excluding hydrogens is 205 g/mol. The summed E-state index contributed by atoms with van der Waals surface area (Å²) in [5, 5.41) is 0. The number of benzene rings is 1. The van der Waals surface area contributed by atoms with E-state index in [1.54, 1.807) is 13.0 Å². The maximum Gasteiger partial charge on any atom is 0.164 e. The van der Waals surface area contributed by atoms with Crippen molar-refractivity contribution in [3.8, 4) is 0 Å². The van der Waals surface area contributed by atoms with Gasteiger partial charge in [0.25, 0.3) is 0 Å². The van der Waals surface area contributed by atoms with E-state index in [0.717, 1.165) is 18.4 Å². The maximum absolute atomic E-state index is 13.1. The number of halogens is 1. The fourth-order valence-corrected chi connectivity index (χ4v) is 1.73. The van der Waals surface area contributed by atoms with E-state index in [1.165, 1.54) is 12.1 Å². The zero-order valence-electron chi connectivity index (χ0n) is 9.79. The van der Waals surface area contributed by atoms with E-state index >= 15 is 0 Å². The van der Waals surface area contributed by atoms with Crippen LogP contribution in [0.4, 0.5) is 4.39 Å². The highest BCUT2D eigenvalue weighted by molar-refractivity contribution is 5.96. The largest absolute Gasteiger partial charge is 0.327 e. The molecule has 2 nitrogen and oxygen atoms in total. The van der Waals surface area contributed by atoms with E-state index in [1.807, 2.05) is 6.92 Å². The van der Waals surface area contributed by atoms with Crippen LogP contribution in [0.25, 0.3) is 0 Å². The average molecular weight is 223 g/mol. The Morgan fingerprint density at radius 3 is 2.69 bits per heavy atom. The number of carbonyl (C=O) groups excluding carboxylic acids is 1. The van der Waals surface area contributed by atoms with Gasteiger partial charge in [0.05, 0.1) is 0 Å². The molecule has 0 aliphatic heterocycles. The fourth-order valence-electron chi connectivity index (χ4n) is 1.73. The summed E-state index contributed by atoms with van der Waals surface area (Å²) in [5.41, 5.74) is 6.96. The van der Waals surface area contributed by atoms with Crippen molar-refractivity contribution in [3.63, 3.8) is 0 Å². The van der Waals surface area contributed by atoms with Crippen LogP contribution in [0, 0.1) is 12.7 Å². The van der Waals surface area contributed by atoms with Crippen molar-refractivity contribution in [3.05, 3.63) is 35.1 Å². The van der Waals surface area contributed by atoms with Gasteiger partial charge < -0.3 is 5.73 Å². The molecular formula is C13H18FNO. The molecule has 2 N–H and O–H groups in total. The fraction of sp³-hybridized carbons (Fsp3) is 0.462. The molecule has 0 fully saturated rings. The molecule has 0 bridgehead atoms. The average Bonchev–Trinajstić information content (AvgIpc) is 2.16. The zero-order chi connectivity index (χ0) is 12.1. The van der Waals surface area contributed by atoms with Crippen molar-refractivity contribution in [2.45, 2.75) is 39.2 Å². The first-order chi connectivity index (χ1) is 7.52. The highest BCUT2D eigenvalue weighted by Gasteiger charge is 2.12. The number of aryl methyl sites for hydroxylation is 1. The van der Waals surface area contributed by atoms with E-state index in [0.29, 0.717) is 5.56 Å². The van der Waals surface area contributed by atoms with Crippen molar-refractivity contribution < 1.29 is 9.18 Å². The second-order valence-corrected chi connectivity index (χ2v) is 4.19. The third-order valence-corrected chi connectivity index (χ3v) is 2.47. The first-order valence-corrected chi connectivity index (χ1v) is 5.59. The molecule has 0 spiro atoms. The van der Waals surface area contributed by atoms with Crippen LogP contribution in [0.15, 0.2) is 18.2 Å². The summed E-state index contributed by atoms with van der Waals surface area (Å²) in [5.74, 6) is -0.448. The van der Waals surface area contributed by atoms with Crippen LogP contribution < -0.4 is 5.73 Å². The Kier molecular flexibility index (Phi) is 4.62. The van der Waals surface area contributed by atoms with Crippen LogP contribution in [-0.4, -0.2) is 11.8 Å². The van der Waals surface area contributed by atoms with Crippen LogP contribution in [0.3, 0.4) is 0 Å². The van der Waals surface area contributed by atoms with Crippen LogP contribution in [0.2, 0.25) is 0 Å². The Bertz CT molecular complexity index is 356. The molecule has 1 atom stereocenters. The molecule has 1 aromatic carbocycles. The summed E-state index contributed by atoms with van der Waals surface area (Å²) in [6.07, 6.45) is 2.06. The molecule has 0 heterocycles. The van der Waals surface area contributed by atoms with E-state index in [2.05, 4.69) is 0 Å². The first kappa shape index (κ1) is 12.8. The monoisotopic (exact) mass is 223 g/mol. The minimum absolute atomic E-state index is 0.0800. The van der Waals surface area contributed by atoms with Gasteiger partial charge in [0.2, 0.25) is 0 Å². The minimum atomic E-state index is -0.368. The summed E-state index contributed by atoms with van der Waals surface area (Å²) in [6.45, 7) is 3.79. The standard InChI is InChI=1S/C13H18FNO/c1-3-4-12(15)8-13(16)10-5-9(2)6-11(14)7-10/h5-7,12H,3-4,8,15H2,1-2H3. The van der Waals surface area contributed by atoms with Crippen LogP contribution in [0.1, 0.15) is 42.1 Å². The summed E-state index contributed by atoms with van der Waals surface area (Å²) in [4.78, 5) is 11.8. The quantitative estimate of drug-likeness (QED) is 0.780. The predicted octanol–water partition coefficient (Wildman–Crippen LogP) is 2.83. The van der Waals surface area contributed by atoms with Crippen molar-refractivity contribution in [2.24, 2.45) is 5.73 Å². The Hall–Kier alpha value is -1.22. The molecule has 88 valence electrons. The minimum Gasteiger partial charge on any atom is -0.327 e. The van der Waals surface area contributed by atoms with Gasteiger partial charge >= 0.3 is 0 Å². The highest BCUT2D eigenvalue weighted by Crippen LogP contribution is 2.12. The normalized spacial score (nSPS) is 12.5. The van der Waals surface area contributed by atoms with Crippen molar-refractivity contribution in [2.75, 3.05) is 0 Å². The van der Waals surface area contributed by atoms with E-state index in [4.69, 9.17) is 5.73 Å². The Labute approximate surface area is 95.7 Å². The molecule has 16 heavy (non-hydrogen) atoms. The number of rotatable bonds is 5. The lowest BCUT2D eigenvalue weighted by atomic mass is 10.00. The number of Topliss-reactive ketones (excluding diaryl/α,β-unsaturated/α-hetero) is 1. The molecule has 1 aromatic rings. The smallest absolute Gasteiger partial charge is 0.164 e. The van der Waals surface area contributed by atoms with Gasteiger partial charge in [-0.2, -0.15) is 0 Å². The van der Waals surface area contributed by atoms with Gasteiger partial charge in [-0.15, -0.1) is 0 Å². The highest BCUT2D eigenvalue weighted by atomic mass is 19.1. The number of hydrogen-bond acceptors (Lipinski definition) is 2. The van der Waals surface area contributed by atoms with E-state index in [9.17, 15) is 9.18 Å². The second kappa shape index (κ2) is 5.75. The lowest BCUT2D eigenvalue weighted by Crippen LogP contribution is -2.23. The van der Waals surface area contributed by atoms with Gasteiger partial charge in [-0.05, 0) is 37.1 Å². The van der Waals surface area contributed by atoms with Crippen LogP contribution >= 0.6 is 0 Å². The maximum atomic E-state index is 13.1. The van der Waals surface area contributed by atoms with Crippen molar-refractivity contribution in [1.29, 1.82) is 0 Å². The van der Waals surface area contributed by atoms with Gasteiger partial charge in [-0.3, -0.25) is 4.79 Å². The van der Waals surface area contributed by atoms with E-state index in [-0.39, 0.29) is 24.1 Å². The lowest BCUT2D eigenvalue weighted by molar-refractivity contribution is 0.0972. The second-order valence-electron chi connectivity index (χ2n) is 4.19. The lowest BCUT2D eigenvalue weighted by Gasteiger charge is -2.09. The summed E-state index contributed by atoms with van der Waals surface area (Å²) >= 11 is 0. The summed E-state index contributed by atoms with van der Waals surface area (Å²) in [7, 11) is 0. The van der Waals surface area contributed by atoms with Gasteiger partial charge in [-0.1, -0.05) is 13.3 Å². The van der Waals surface area contributed by atoms with Crippen molar-refractivity contribution >= 4 is 5.78 Å². The van der Waals surface area contributed by atoms with Gasteiger partial charge in [0.15, 0.2) is 5.78 Å². The molecule has 0 radical (unpaired) electrons. The number of nitrogens with two attached hydrogens (primary N) is 1. The molecule has 0 saturated heterocycles. The third kappa shape index (κ3) is 3.74. The Balaban J connectivity index is 2.72. The van der Waals surface area contributed by atoms with Crippen molar-refractivity contribution in [1.82, 2.24) is 0 Å². The molecule has 0 amide bonds. The Morgan fingerprint density at radius 2 is 2.12 bits per heavy atom. The van der Waals surface area contributed by atoms with Crippen LogP contribution in [0.5, 0.6) is 0 Å². The predicted molar refractivity (Wildman–Crippen MR) is 63.0 cm³/mol.